The van der Waals surface area contributed by atoms with Crippen LogP contribution in [-0.4, -0.2) is 9.97 Å². The Labute approximate surface area is 118 Å². The minimum Gasteiger partial charge on any atom is -0.383 e. The van der Waals surface area contributed by atoms with E-state index >= 15 is 0 Å². The molecule has 3 N–H and O–H groups in total. The van der Waals surface area contributed by atoms with E-state index in [0.29, 0.717) is 23.0 Å². The fourth-order valence-electron chi connectivity index (χ4n) is 1.86. The second-order valence-corrected chi connectivity index (χ2v) is 4.53. The summed E-state index contributed by atoms with van der Waals surface area (Å²) in [6.07, 6.45) is 1.73. The molecule has 0 aliphatic carbocycles. The predicted molar refractivity (Wildman–Crippen MR) is 79.6 cm³/mol. The average molecular weight is 267 g/mol. The molecule has 0 spiro atoms. The van der Waals surface area contributed by atoms with E-state index in [2.05, 4.69) is 28.3 Å². The number of nitrogens with zero attached hydrogens (tertiary/aromatic N) is 3. The Balaban J connectivity index is 2.40. The van der Waals surface area contributed by atoms with Gasteiger partial charge in [0, 0.05) is 12.0 Å². The molecule has 0 atom stereocenters. The zero-order valence-electron chi connectivity index (χ0n) is 11.6. The molecule has 1 aromatic heterocycles. The second-order valence-electron chi connectivity index (χ2n) is 4.53. The lowest BCUT2D eigenvalue weighted by molar-refractivity contribution is 0.836. The molecule has 0 unspecified atom stereocenters. The molecule has 2 rings (SSSR count). The molecule has 0 saturated heterocycles. The first-order chi connectivity index (χ1) is 9.65. The van der Waals surface area contributed by atoms with Crippen LogP contribution in [0.4, 0.5) is 17.3 Å². The number of nitrogens with one attached hydrogen (secondary N) is 1. The summed E-state index contributed by atoms with van der Waals surface area (Å²) in [5.74, 6) is 1.84. The number of nitriles is 1. The number of nitrogen functional groups attached to an aromatic ring is 1. The first-order valence-electron chi connectivity index (χ1n) is 6.54. The van der Waals surface area contributed by atoms with Crippen molar-refractivity contribution < 1.29 is 0 Å². The molecule has 5 nitrogen and oxygen atoms in total. The van der Waals surface area contributed by atoms with E-state index in [-0.39, 0.29) is 0 Å². The van der Waals surface area contributed by atoms with E-state index in [1.54, 1.807) is 6.07 Å². The lowest BCUT2D eigenvalue weighted by atomic mass is 10.2. The summed E-state index contributed by atoms with van der Waals surface area (Å²) in [4.78, 5) is 8.75. The van der Waals surface area contributed by atoms with Crippen LogP contribution in [0.5, 0.6) is 0 Å². The number of rotatable bonds is 4. The molecule has 1 aromatic carbocycles. The van der Waals surface area contributed by atoms with Crippen molar-refractivity contribution in [2.45, 2.75) is 26.7 Å². The highest BCUT2D eigenvalue weighted by atomic mass is 15.1. The summed E-state index contributed by atoms with van der Waals surface area (Å²) in [6.45, 7) is 3.93. The monoisotopic (exact) mass is 267 g/mol. The van der Waals surface area contributed by atoms with Gasteiger partial charge in [0.1, 0.15) is 23.5 Å². The quantitative estimate of drug-likeness (QED) is 0.889. The van der Waals surface area contributed by atoms with Crippen molar-refractivity contribution in [2.24, 2.45) is 0 Å². The molecule has 0 aliphatic heterocycles. The van der Waals surface area contributed by atoms with Crippen molar-refractivity contribution in [1.29, 1.82) is 5.26 Å². The van der Waals surface area contributed by atoms with E-state index in [4.69, 9.17) is 11.0 Å². The molecule has 0 aliphatic rings. The van der Waals surface area contributed by atoms with Gasteiger partial charge in [-0.05, 0) is 25.5 Å². The van der Waals surface area contributed by atoms with E-state index in [1.807, 2.05) is 25.1 Å². The third kappa shape index (κ3) is 2.86. The number of nitrogens with two attached hydrogens (primary N) is 1. The Bertz CT molecular complexity index is 658. The van der Waals surface area contributed by atoms with Gasteiger partial charge in [-0.3, -0.25) is 0 Å². The van der Waals surface area contributed by atoms with E-state index in [1.165, 1.54) is 0 Å². The summed E-state index contributed by atoms with van der Waals surface area (Å²) < 4.78 is 0. The van der Waals surface area contributed by atoms with Gasteiger partial charge in [0.25, 0.3) is 0 Å². The van der Waals surface area contributed by atoms with Gasteiger partial charge in [0.15, 0.2) is 0 Å². The molecule has 0 fully saturated rings. The van der Waals surface area contributed by atoms with Crippen molar-refractivity contribution in [3.05, 3.63) is 41.2 Å². The minimum atomic E-state index is 0.473. The Morgan fingerprint density at radius 2 is 2.05 bits per heavy atom. The largest absolute Gasteiger partial charge is 0.383 e. The first kappa shape index (κ1) is 13.8. The van der Waals surface area contributed by atoms with Crippen LogP contribution >= 0.6 is 0 Å². The van der Waals surface area contributed by atoms with E-state index < -0.39 is 0 Å². The third-order valence-electron chi connectivity index (χ3n) is 3.00. The highest BCUT2D eigenvalue weighted by Crippen LogP contribution is 2.24. The Morgan fingerprint density at radius 3 is 2.75 bits per heavy atom. The number of anilines is 3. The van der Waals surface area contributed by atoms with Gasteiger partial charge in [-0.15, -0.1) is 0 Å². The molecule has 0 radical (unpaired) electrons. The second kappa shape index (κ2) is 6.02. The van der Waals surface area contributed by atoms with Crippen molar-refractivity contribution in [2.75, 3.05) is 11.1 Å². The number of para-hydroxylation sites is 1. The number of hydrogen-bond donors (Lipinski definition) is 2. The molecule has 0 bridgehead atoms. The number of benzene rings is 1. The van der Waals surface area contributed by atoms with Gasteiger partial charge < -0.3 is 11.1 Å². The van der Waals surface area contributed by atoms with Crippen LogP contribution in [0.15, 0.2) is 24.3 Å². The topological polar surface area (TPSA) is 87.6 Å². The van der Waals surface area contributed by atoms with Gasteiger partial charge in [0.2, 0.25) is 0 Å². The standard InChI is InChI=1S/C15H17N5/c1-3-6-13-19-14(17)10(2)15(20-13)18-12-8-5-4-7-11(12)9-16/h4-5,7-8H,3,6H2,1-2H3,(H3,17,18,19,20). The van der Waals surface area contributed by atoms with Crippen LogP contribution in [0.2, 0.25) is 0 Å². The molecular weight excluding hydrogens is 250 g/mol. The third-order valence-corrected chi connectivity index (χ3v) is 3.00. The maximum Gasteiger partial charge on any atom is 0.139 e. The zero-order valence-corrected chi connectivity index (χ0v) is 11.6. The molecule has 0 saturated carbocycles. The summed E-state index contributed by atoms with van der Waals surface area (Å²) in [5.41, 5.74) is 8.00. The number of aromatic nitrogens is 2. The summed E-state index contributed by atoms with van der Waals surface area (Å²) in [6, 6.07) is 9.45. The van der Waals surface area contributed by atoms with Crippen LogP contribution in [-0.2, 0) is 6.42 Å². The van der Waals surface area contributed by atoms with Crippen LogP contribution in [0, 0.1) is 18.3 Å². The number of hydrogen-bond acceptors (Lipinski definition) is 5. The Morgan fingerprint density at radius 1 is 1.30 bits per heavy atom. The van der Waals surface area contributed by atoms with E-state index in [9.17, 15) is 0 Å². The predicted octanol–water partition coefficient (Wildman–Crippen LogP) is 2.94. The lowest BCUT2D eigenvalue weighted by Gasteiger charge is -2.12. The summed E-state index contributed by atoms with van der Waals surface area (Å²) >= 11 is 0. The molecule has 5 heteroatoms. The smallest absolute Gasteiger partial charge is 0.139 e. The fraction of sp³-hybridized carbons (Fsp3) is 0.267. The normalized spacial score (nSPS) is 10.1. The zero-order chi connectivity index (χ0) is 14.5. The van der Waals surface area contributed by atoms with Gasteiger partial charge in [-0.1, -0.05) is 19.1 Å². The van der Waals surface area contributed by atoms with E-state index in [0.717, 1.165) is 24.1 Å². The Kier molecular flexibility index (Phi) is 4.16. The van der Waals surface area contributed by atoms with Gasteiger partial charge in [-0.25, -0.2) is 9.97 Å². The van der Waals surface area contributed by atoms with Crippen LogP contribution in [0.25, 0.3) is 0 Å². The SMILES string of the molecule is CCCc1nc(N)c(C)c(Nc2ccccc2C#N)n1. The molecule has 102 valence electrons. The maximum absolute atomic E-state index is 9.11. The minimum absolute atomic E-state index is 0.473. The molecule has 1 heterocycles. The highest BCUT2D eigenvalue weighted by Gasteiger charge is 2.10. The molecule has 20 heavy (non-hydrogen) atoms. The number of aryl methyl sites for hydroxylation is 1. The van der Waals surface area contributed by atoms with Crippen LogP contribution in [0.3, 0.4) is 0 Å². The molecular formula is C15H17N5. The van der Waals surface area contributed by atoms with Gasteiger partial charge >= 0.3 is 0 Å². The highest BCUT2D eigenvalue weighted by molar-refractivity contribution is 5.68. The average Bonchev–Trinajstić information content (AvgIpc) is 2.45. The van der Waals surface area contributed by atoms with Gasteiger partial charge in [-0.2, -0.15) is 5.26 Å². The van der Waals surface area contributed by atoms with Crippen LogP contribution < -0.4 is 11.1 Å². The Hall–Kier alpha value is -2.61. The molecule has 0 amide bonds. The maximum atomic E-state index is 9.11. The van der Waals surface area contributed by atoms with Crippen molar-refractivity contribution in [1.82, 2.24) is 9.97 Å². The van der Waals surface area contributed by atoms with Gasteiger partial charge in [0.05, 0.1) is 11.3 Å². The van der Waals surface area contributed by atoms with Crippen molar-refractivity contribution in [3.8, 4) is 6.07 Å². The van der Waals surface area contributed by atoms with Crippen molar-refractivity contribution in [3.63, 3.8) is 0 Å². The summed E-state index contributed by atoms with van der Waals surface area (Å²) in [7, 11) is 0. The van der Waals surface area contributed by atoms with Crippen LogP contribution in [0.1, 0.15) is 30.3 Å². The molecule has 2 aromatic rings. The summed E-state index contributed by atoms with van der Waals surface area (Å²) in [5, 5.41) is 12.3. The fourth-order valence-corrected chi connectivity index (χ4v) is 1.86. The van der Waals surface area contributed by atoms with Crippen molar-refractivity contribution >= 4 is 17.3 Å². The first-order valence-corrected chi connectivity index (χ1v) is 6.54. The lowest BCUT2D eigenvalue weighted by Crippen LogP contribution is -2.07.